The van der Waals surface area contributed by atoms with Crippen LogP contribution in [0.4, 0.5) is 0 Å². The molecule has 0 aromatic heterocycles. The molecule has 4 nitrogen and oxygen atoms in total. The molecular weight excluding hydrogens is 306 g/mol. The Kier molecular flexibility index (Phi) is 5.89. The predicted octanol–water partition coefficient (Wildman–Crippen LogP) is 1.85. The van der Waals surface area contributed by atoms with Crippen LogP contribution in [0, 0.1) is 5.92 Å². The lowest BCUT2D eigenvalue weighted by atomic mass is 10.1. The first-order valence-corrected chi connectivity index (χ1v) is 8.78. The minimum absolute atomic E-state index is 0.0784. The molecule has 102 valence electrons. The summed E-state index contributed by atoms with van der Waals surface area (Å²) in [4.78, 5) is 0. The molecule has 1 aliphatic rings. The van der Waals surface area contributed by atoms with E-state index in [1.54, 1.807) is 4.31 Å². The zero-order chi connectivity index (χ0) is 13.1. The van der Waals surface area contributed by atoms with Crippen LogP contribution in [0.5, 0.6) is 0 Å². The topological polar surface area (TPSA) is 46.6 Å². The summed E-state index contributed by atoms with van der Waals surface area (Å²) in [6.45, 7) is 6.84. The molecule has 0 amide bonds. The normalized spacial score (nSPS) is 26.9. The maximum absolute atomic E-state index is 12.2. The molecule has 0 spiro atoms. The zero-order valence-corrected chi connectivity index (χ0v) is 13.1. The Bertz CT molecular complexity index is 332. The maximum Gasteiger partial charge on any atom is 0.216 e. The molecule has 1 saturated heterocycles. The third-order valence-electron chi connectivity index (χ3n) is 3.14. The van der Waals surface area contributed by atoms with Gasteiger partial charge in [-0.3, -0.25) is 0 Å². The number of ether oxygens (including phenoxy) is 1. The van der Waals surface area contributed by atoms with E-state index >= 15 is 0 Å². The first-order valence-electron chi connectivity index (χ1n) is 6.05. The molecule has 0 radical (unpaired) electrons. The molecule has 2 unspecified atom stereocenters. The minimum Gasteiger partial charge on any atom is -0.378 e. The first kappa shape index (κ1) is 15.4. The predicted molar refractivity (Wildman–Crippen MR) is 72.9 cm³/mol. The van der Waals surface area contributed by atoms with E-state index in [9.17, 15) is 8.42 Å². The Morgan fingerprint density at radius 2 is 2.12 bits per heavy atom. The molecule has 0 N–H and O–H groups in total. The molecule has 0 bridgehead atoms. The van der Waals surface area contributed by atoms with Crippen molar-refractivity contribution in [3.63, 3.8) is 0 Å². The van der Waals surface area contributed by atoms with Gasteiger partial charge in [0.1, 0.15) is 0 Å². The summed E-state index contributed by atoms with van der Waals surface area (Å²) < 4.78 is 31.3. The summed E-state index contributed by atoms with van der Waals surface area (Å²) >= 11 is 3.40. The van der Waals surface area contributed by atoms with Crippen molar-refractivity contribution in [3.05, 3.63) is 0 Å². The van der Waals surface area contributed by atoms with E-state index in [-0.39, 0.29) is 24.5 Å². The number of nitrogens with zero attached hydrogens (tertiary/aromatic N) is 1. The fourth-order valence-corrected chi connectivity index (χ4v) is 4.85. The smallest absolute Gasteiger partial charge is 0.216 e. The molecule has 1 heterocycles. The number of alkyl halides is 1. The van der Waals surface area contributed by atoms with Gasteiger partial charge in [0.25, 0.3) is 0 Å². The van der Waals surface area contributed by atoms with Crippen LogP contribution in [0.2, 0.25) is 0 Å². The van der Waals surface area contributed by atoms with Crippen LogP contribution in [0.1, 0.15) is 27.2 Å². The van der Waals surface area contributed by atoms with Crippen molar-refractivity contribution in [2.45, 2.75) is 39.3 Å². The number of rotatable bonds is 6. The average Bonchev–Trinajstić information content (AvgIpc) is 2.59. The van der Waals surface area contributed by atoms with Gasteiger partial charge in [-0.2, -0.15) is 4.31 Å². The van der Waals surface area contributed by atoms with Crippen LogP contribution in [0.25, 0.3) is 0 Å². The van der Waals surface area contributed by atoms with Crippen molar-refractivity contribution in [3.8, 4) is 0 Å². The Balaban J connectivity index is 2.58. The SMILES string of the molecule is CC(C)OCCS(=O)(=O)N1CCC(C)C1CBr. The Hall–Kier alpha value is 0.350. The highest BCUT2D eigenvalue weighted by atomic mass is 79.9. The van der Waals surface area contributed by atoms with Crippen molar-refractivity contribution >= 4 is 26.0 Å². The largest absolute Gasteiger partial charge is 0.378 e. The van der Waals surface area contributed by atoms with E-state index in [1.165, 1.54) is 0 Å². The highest BCUT2D eigenvalue weighted by Gasteiger charge is 2.37. The fourth-order valence-electron chi connectivity index (χ4n) is 2.05. The summed E-state index contributed by atoms with van der Waals surface area (Å²) in [5, 5.41) is 0.707. The molecule has 1 fully saturated rings. The standard InChI is InChI=1S/C11H22BrNO3S/c1-9(2)16-6-7-17(14,15)13-5-4-10(3)11(13)8-12/h9-11H,4-8H2,1-3H3. The van der Waals surface area contributed by atoms with Crippen LogP contribution in [-0.2, 0) is 14.8 Å². The molecule has 1 rings (SSSR count). The summed E-state index contributed by atoms with van der Waals surface area (Å²) in [5.41, 5.74) is 0. The summed E-state index contributed by atoms with van der Waals surface area (Å²) in [7, 11) is -3.17. The summed E-state index contributed by atoms with van der Waals surface area (Å²) in [5.74, 6) is 0.511. The monoisotopic (exact) mass is 327 g/mol. The fraction of sp³-hybridized carbons (Fsp3) is 1.00. The molecule has 17 heavy (non-hydrogen) atoms. The molecule has 2 atom stereocenters. The number of halogens is 1. The second kappa shape index (κ2) is 6.50. The number of hydrogen-bond donors (Lipinski definition) is 0. The molecule has 0 aromatic carbocycles. The Morgan fingerprint density at radius 1 is 1.47 bits per heavy atom. The first-order chi connectivity index (χ1) is 7.88. The molecule has 0 aromatic rings. The third kappa shape index (κ3) is 4.19. The van der Waals surface area contributed by atoms with Gasteiger partial charge in [0.15, 0.2) is 0 Å². The lowest BCUT2D eigenvalue weighted by molar-refractivity contribution is 0.0906. The van der Waals surface area contributed by atoms with E-state index in [0.717, 1.165) is 6.42 Å². The summed E-state index contributed by atoms with van der Waals surface area (Å²) in [6, 6.07) is 0.0963. The van der Waals surface area contributed by atoms with Gasteiger partial charge in [-0.1, -0.05) is 22.9 Å². The van der Waals surface area contributed by atoms with Crippen molar-refractivity contribution in [2.24, 2.45) is 5.92 Å². The van der Waals surface area contributed by atoms with Crippen molar-refractivity contribution in [1.29, 1.82) is 0 Å². The van der Waals surface area contributed by atoms with E-state index < -0.39 is 10.0 Å². The van der Waals surface area contributed by atoms with Gasteiger partial charge < -0.3 is 4.74 Å². The highest BCUT2D eigenvalue weighted by molar-refractivity contribution is 9.09. The van der Waals surface area contributed by atoms with Crippen LogP contribution in [-0.4, -0.2) is 49.1 Å². The molecule has 0 aliphatic carbocycles. The van der Waals surface area contributed by atoms with Crippen molar-refractivity contribution < 1.29 is 13.2 Å². The zero-order valence-electron chi connectivity index (χ0n) is 10.7. The van der Waals surface area contributed by atoms with Gasteiger partial charge in [0, 0.05) is 17.9 Å². The van der Waals surface area contributed by atoms with Crippen LogP contribution in [0.3, 0.4) is 0 Å². The Labute approximate surface area is 113 Å². The van der Waals surface area contributed by atoms with E-state index in [2.05, 4.69) is 22.9 Å². The van der Waals surface area contributed by atoms with Gasteiger partial charge in [-0.15, -0.1) is 0 Å². The molecule has 1 aliphatic heterocycles. The maximum atomic E-state index is 12.2. The second-order valence-electron chi connectivity index (χ2n) is 4.83. The van der Waals surface area contributed by atoms with Crippen LogP contribution in [0.15, 0.2) is 0 Å². The third-order valence-corrected chi connectivity index (χ3v) is 5.65. The van der Waals surface area contributed by atoms with E-state index in [0.29, 0.717) is 17.8 Å². The number of sulfonamides is 1. The lowest BCUT2D eigenvalue weighted by Crippen LogP contribution is -2.40. The van der Waals surface area contributed by atoms with E-state index in [4.69, 9.17) is 4.74 Å². The van der Waals surface area contributed by atoms with Gasteiger partial charge >= 0.3 is 0 Å². The molecule has 0 saturated carbocycles. The lowest BCUT2D eigenvalue weighted by Gasteiger charge is -2.24. The molecule has 6 heteroatoms. The minimum atomic E-state index is -3.17. The highest BCUT2D eigenvalue weighted by Crippen LogP contribution is 2.28. The number of hydrogen-bond acceptors (Lipinski definition) is 3. The van der Waals surface area contributed by atoms with Gasteiger partial charge in [0.05, 0.1) is 18.5 Å². The second-order valence-corrected chi connectivity index (χ2v) is 7.52. The van der Waals surface area contributed by atoms with Crippen molar-refractivity contribution in [2.75, 3.05) is 24.2 Å². The van der Waals surface area contributed by atoms with E-state index in [1.807, 2.05) is 13.8 Å². The molecular formula is C11H22BrNO3S. The summed E-state index contributed by atoms with van der Waals surface area (Å²) in [6.07, 6.45) is 1.02. The quantitative estimate of drug-likeness (QED) is 0.699. The van der Waals surface area contributed by atoms with Crippen LogP contribution < -0.4 is 0 Å². The van der Waals surface area contributed by atoms with Gasteiger partial charge in [-0.25, -0.2) is 8.42 Å². The average molecular weight is 328 g/mol. The van der Waals surface area contributed by atoms with Gasteiger partial charge in [-0.05, 0) is 26.2 Å². The van der Waals surface area contributed by atoms with Crippen molar-refractivity contribution in [1.82, 2.24) is 4.31 Å². The Morgan fingerprint density at radius 3 is 2.65 bits per heavy atom. The van der Waals surface area contributed by atoms with Gasteiger partial charge in [0.2, 0.25) is 10.0 Å². The van der Waals surface area contributed by atoms with Crippen LogP contribution >= 0.6 is 15.9 Å².